The van der Waals surface area contributed by atoms with Crippen molar-refractivity contribution in [3.63, 3.8) is 0 Å². The Bertz CT molecular complexity index is 1250. The molecule has 0 aliphatic carbocycles. The minimum atomic E-state index is -0.391. The molecule has 0 radical (unpaired) electrons. The van der Waals surface area contributed by atoms with Gasteiger partial charge in [-0.1, -0.05) is 39.7 Å². The maximum Gasteiger partial charge on any atom is 0.298 e. The number of imide groups is 1. The summed E-state index contributed by atoms with van der Waals surface area (Å²) in [6, 6.07) is 18.0. The molecule has 0 spiro atoms. The van der Waals surface area contributed by atoms with Crippen molar-refractivity contribution in [2.75, 3.05) is 12.0 Å². The molecule has 0 saturated carbocycles. The van der Waals surface area contributed by atoms with E-state index in [-0.39, 0.29) is 5.24 Å². The third kappa shape index (κ3) is 5.46. The van der Waals surface area contributed by atoms with Crippen LogP contribution in [0.3, 0.4) is 0 Å². The SMILES string of the molecule is COc1cc(/C=C2/SC(=O)N(c3ccc(Cl)cc3)C2=O)cc(Br)c1OCc1ccc(Br)cc1. The first-order valence-electron chi connectivity index (χ1n) is 9.64. The number of carbonyl (C=O) groups is 2. The van der Waals surface area contributed by atoms with Gasteiger partial charge in [0.15, 0.2) is 11.5 Å². The lowest BCUT2D eigenvalue weighted by molar-refractivity contribution is -0.113. The van der Waals surface area contributed by atoms with Crippen LogP contribution < -0.4 is 14.4 Å². The first kappa shape index (κ1) is 23.9. The number of anilines is 1. The molecule has 1 aliphatic heterocycles. The average Bonchev–Trinajstić information content (AvgIpc) is 3.07. The number of carbonyl (C=O) groups excluding carboxylic acids is 2. The number of hydrogen-bond acceptors (Lipinski definition) is 5. The smallest absolute Gasteiger partial charge is 0.298 e. The Kier molecular flexibility index (Phi) is 7.48. The van der Waals surface area contributed by atoms with Crippen molar-refractivity contribution in [1.29, 1.82) is 0 Å². The summed E-state index contributed by atoms with van der Waals surface area (Å²) in [4.78, 5) is 26.8. The number of benzene rings is 3. The molecule has 168 valence electrons. The molecule has 4 rings (SSSR count). The van der Waals surface area contributed by atoms with Gasteiger partial charge in [-0.25, -0.2) is 4.90 Å². The van der Waals surface area contributed by atoms with E-state index < -0.39 is 5.91 Å². The number of halogens is 3. The Morgan fingerprint density at radius 1 is 1.03 bits per heavy atom. The zero-order valence-corrected chi connectivity index (χ0v) is 21.9. The third-order valence-corrected chi connectivity index (χ3v) is 6.96. The van der Waals surface area contributed by atoms with Crippen LogP contribution in [-0.2, 0) is 11.4 Å². The predicted octanol–water partition coefficient (Wildman–Crippen LogP) is 7.69. The van der Waals surface area contributed by atoms with Crippen LogP contribution in [-0.4, -0.2) is 18.3 Å². The Labute approximate surface area is 217 Å². The van der Waals surface area contributed by atoms with Crippen LogP contribution in [0.2, 0.25) is 5.02 Å². The van der Waals surface area contributed by atoms with Gasteiger partial charge < -0.3 is 9.47 Å². The van der Waals surface area contributed by atoms with Crippen LogP contribution in [0.4, 0.5) is 10.5 Å². The molecule has 3 aromatic carbocycles. The summed E-state index contributed by atoms with van der Waals surface area (Å²) in [5.41, 5.74) is 2.17. The zero-order chi connectivity index (χ0) is 23.5. The number of thioether (sulfide) groups is 1. The molecule has 0 unspecified atom stereocenters. The molecule has 2 amide bonds. The summed E-state index contributed by atoms with van der Waals surface area (Å²) in [5.74, 6) is 0.662. The second-order valence-corrected chi connectivity index (χ2v) is 10.1. The molecular formula is C24H16Br2ClNO4S. The predicted molar refractivity (Wildman–Crippen MR) is 139 cm³/mol. The fourth-order valence-electron chi connectivity index (χ4n) is 3.13. The number of ether oxygens (including phenoxy) is 2. The monoisotopic (exact) mass is 607 g/mol. The fraction of sp³-hybridized carbons (Fsp3) is 0.0833. The van der Waals surface area contributed by atoms with Crippen molar-refractivity contribution in [2.45, 2.75) is 6.61 Å². The molecule has 0 atom stereocenters. The normalized spacial score (nSPS) is 14.8. The molecule has 0 N–H and O–H groups in total. The van der Waals surface area contributed by atoms with Crippen LogP contribution in [0.15, 0.2) is 74.5 Å². The van der Waals surface area contributed by atoms with E-state index in [0.717, 1.165) is 26.7 Å². The standard InChI is InChI=1S/C24H16Br2ClNO4S/c1-31-20-11-15(10-19(26)22(20)32-13-14-2-4-16(25)5-3-14)12-21-23(29)28(24(30)33-21)18-8-6-17(27)7-9-18/h2-12H,13H2,1H3/b21-12+. The van der Waals surface area contributed by atoms with Gasteiger partial charge in [0, 0.05) is 9.50 Å². The van der Waals surface area contributed by atoms with Gasteiger partial charge in [0.05, 0.1) is 22.2 Å². The summed E-state index contributed by atoms with van der Waals surface area (Å²) in [7, 11) is 1.55. The van der Waals surface area contributed by atoms with Crippen LogP contribution in [0, 0.1) is 0 Å². The van der Waals surface area contributed by atoms with Crippen molar-refractivity contribution in [3.8, 4) is 11.5 Å². The Morgan fingerprint density at radius 2 is 1.73 bits per heavy atom. The van der Waals surface area contributed by atoms with Crippen molar-refractivity contribution < 1.29 is 19.1 Å². The quantitative estimate of drug-likeness (QED) is 0.268. The maximum atomic E-state index is 12.9. The first-order chi connectivity index (χ1) is 15.9. The topological polar surface area (TPSA) is 55.8 Å². The second-order valence-electron chi connectivity index (χ2n) is 6.94. The number of methoxy groups -OCH3 is 1. The lowest BCUT2D eigenvalue weighted by atomic mass is 10.1. The van der Waals surface area contributed by atoms with E-state index in [1.807, 2.05) is 30.3 Å². The summed E-state index contributed by atoms with van der Waals surface area (Å²) in [5, 5.41) is 0.162. The van der Waals surface area contributed by atoms with E-state index >= 15 is 0 Å². The van der Waals surface area contributed by atoms with E-state index in [9.17, 15) is 9.59 Å². The van der Waals surface area contributed by atoms with Crippen LogP contribution in [0.5, 0.6) is 11.5 Å². The molecule has 0 bridgehead atoms. The minimum Gasteiger partial charge on any atom is -0.493 e. The largest absolute Gasteiger partial charge is 0.493 e. The van der Waals surface area contributed by atoms with Gasteiger partial charge in [-0.15, -0.1) is 0 Å². The number of amides is 2. The Balaban J connectivity index is 1.57. The molecule has 1 fully saturated rings. The van der Waals surface area contributed by atoms with Crippen molar-refractivity contribution in [1.82, 2.24) is 0 Å². The molecule has 3 aromatic rings. The molecular weight excluding hydrogens is 594 g/mol. The molecule has 1 heterocycles. The van der Waals surface area contributed by atoms with Gasteiger partial charge in [0.1, 0.15) is 6.61 Å². The van der Waals surface area contributed by atoms with Gasteiger partial charge in [-0.3, -0.25) is 9.59 Å². The second kappa shape index (κ2) is 10.3. The first-order valence-corrected chi connectivity index (χ1v) is 12.4. The van der Waals surface area contributed by atoms with E-state index in [4.69, 9.17) is 21.1 Å². The van der Waals surface area contributed by atoms with E-state index in [1.54, 1.807) is 43.5 Å². The highest BCUT2D eigenvalue weighted by Gasteiger charge is 2.36. The van der Waals surface area contributed by atoms with Crippen molar-refractivity contribution in [2.24, 2.45) is 0 Å². The lowest BCUT2D eigenvalue weighted by Crippen LogP contribution is -2.27. The van der Waals surface area contributed by atoms with E-state index in [1.165, 1.54) is 0 Å². The summed E-state index contributed by atoms with van der Waals surface area (Å²) in [6.45, 7) is 0.363. The molecule has 1 aliphatic rings. The summed E-state index contributed by atoms with van der Waals surface area (Å²) in [6.07, 6.45) is 1.66. The number of nitrogens with zero attached hydrogens (tertiary/aromatic N) is 1. The third-order valence-electron chi connectivity index (χ3n) is 4.72. The van der Waals surface area contributed by atoms with Gasteiger partial charge >= 0.3 is 0 Å². The molecule has 9 heteroatoms. The average molecular weight is 610 g/mol. The zero-order valence-electron chi connectivity index (χ0n) is 17.2. The highest BCUT2D eigenvalue weighted by Crippen LogP contribution is 2.40. The fourth-order valence-corrected chi connectivity index (χ4v) is 4.94. The minimum absolute atomic E-state index is 0.312. The molecule has 33 heavy (non-hydrogen) atoms. The lowest BCUT2D eigenvalue weighted by Gasteiger charge is -2.14. The van der Waals surface area contributed by atoms with Crippen LogP contribution in [0.1, 0.15) is 11.1 Å². The van der Waals surface area contributed by atoms with Gasteiger partial charge in [0.2, 0.25) is 0 Å². The van der Waals surface area contributed by atoms with Gasteiger partial charge in [0.25, 0.3) is 11.1 Å². The van der Waals surface area contributed by atoms with Crippen LogP contribution in [0.25, 0.3) is 6.08 Å². The molecule has 5 nitrogen and oxygen atoms in total. The van der Waals surface area contributed by atoms with Crippen LogP contribution >= 0.6 is 55.2 Å². The highest BCUT2D eigenvalue weighted by molar-refractivity contribution is 9.10. The van der Waals surface area contributed by atoms with Gasteiger partial charge in [-0.05, 0) is 93.4 Å². The van der Waals surface area contributed by atoms with Gasteiger partial charge in [-0.2, -0.15) is 0 Å². The maximum absolute atomic E-state index is 12.9. The summed E-state index contributed by atoms with van der Waals surface area (Å²) < 4.78 is 13.2. The van der Waals surface area contributed by atoms with Crippen molar-refractivity contribution in [3.05, 3.63) is 90.7 Å². The number of rotatable bonds is 6. The summed E-state index contributed by atoms with van der Waals surface area (Å²) >= 11 is 13.7. The molecule has 1 saturated heterocycles. The highest BCUT2D eigenvalue weighted by atomic mass is 79.9. The van der Waals surface area contributed by atoms with E-state index in [2.05, 4.69) is 31.9 Å². The van der Waals surface area contributed by atoms with Crippen molar-refractivity contribution >= 4 is 78.1 Å². The Morgan fingerprint density at radius 3 is 2.39 bits per heavy atom. The Hall–Kier alpha value is -2.26. The molecule has 0 aromatic heterocycles. The number of hydrogen-bond donors (Lipinski definition) is 0. The van der Waals surface area contributed by atoms with E-state index in [0.29, 0.717) is 43.8 Å².